The monoisotopic (exact) mass is 418 g/mol. The fourth-order valence-corrected chi connectivity index (χ4v) is 3.80. The van der Waals surface area contributed by atoms with Gasteiger partial charge in [-0.1, -0.05) is 0 Å². The molecule has 1 aliphatic heterocycles. The molecule has 0 amide bonds. The van der Waals surface area contributed by atoms with Gasteiger partial charge in [0, 0.05) is 30.9 Å². The van der Waals surface area contributed by atoms with Crippen molar-refractivity contribution in [1.82, 2.24) is 9.55 Å². The molecule has 3 aromatic rings. The Labute approximate surface area is 168 Å². The Morgan fingerprint density at radius 1 is 1.23 bits per heavy atom. The van der Waals surface area contributed by atoms with Crippen LogP contribution < -0.4 is 16.1 Å². The lowest BCUT2D eigenvalue weighted by Crippen LogP contribution is -2.31. The summed E-state index contributed by atoms with van der Waals surface area (Å²) in [6.45, 7) is 2.18. The van der Waals surface area contributed by atoms with Crippen molar-refractivity contribution < 1.29 is 23.1 Å². The predicted molar refractivity (Wildman–Crippen MR) is 104 cm³/mol. The number of nitrogens with zero attached hydrogens (tertiary/aromatic N) is 3. The molecule has 0 radical (unpaired) electrons. The van der Waals surface area contributed by atoms with E-state index in [1.54, 1.807) is 4.90 Å². The molecule has 2 atom stereocenters. The first-order valence-corrected chi connectivity index (χ1v) is 9.14. The van der Waals surface area contributed by atoms with Gasteiger partial charge in [-0.15, -0.1) is 0 Å². The minimum atomic E-state index is -1.57. The standard InChI is InChI=1S/C20H17F3N4O3/c1-9-4-11(24)7-26(9)19-15(23)6-12-17(28)13(20(29)30)8-27(18(12)25-19)16-3-2-10(21)5-14(16)22/h2-3,5-6,8-9,11H,4,7,24H2,1H3,(H,29,30)/t9-,11-/m0/s1. The number of aromatic nitrogens is 2. The maximum Gasteiger partial charge on any atom is 0.341 e. The van der Waals surface area contributed by atoms with Crippen LogP contribution in [0.5, 0.6) is 0 Å². The second-order valence-electron chi connectivity index (χ2n) is 7.30. The number of aromatic carboxylic acids is 1. The number of carboxylic acid groups (broad SMARTS) is 1. The number of anilines is 1. The van der Waals surface area contributed by atoms with Crippen molar-refractivity contribution in [1.29, 1.82) is 0 Å². The molecule has 156 valence electrons. The van der Waals surface area contributed by atoms with E-state index in [1.165, 1.54) is 0 Å². The maximum atomic E-state index is 14.9. The smallest absolute Gasteiger partial charge is 0.341 e. The Bertz CT molecular complexity index is 1240. The van der Waals surface area contributed by atoms with Crippen LogP contribution in [0.3, 0.4) is 0 Å². The fourth-order valence-electron chi connectivity index (χ4n) is 3.80. The SMILES string of the molecule is C[C@H]1C[C@H](N)CN1c1nc2c(cc1F)c(=O)c(C(=O)O)cn2-c1ccc(F)cc1F. The van der Waals surface area contributed by atoms with Gasteiger partial charge in [-0.2, -0.15) is 0 Å². The molecule has 1 aromatic carbocycles. The third-order valence-electron chi connectivity index (χ3n) is 5.19. The predicted octanol–water partition coefficient (Wildman–Crippen LogP) is 2.43. The average molecular weight is 418 g/mol. The second kappa shape index (κ2) is 7.13. The van der Waals surface area contributed by atoms with Crippen molar-refractivity contribution in [3.8, 4) is 5.69 Å². The molecule has 3 heterocycles. The lowest BCUT2D eigenvalue weighted by molar-refractivity contribution is 0.0695. The molecule has 3 N–H and O–H groups in total. The molecule has 30 heavy (non-hydrogen) atoms. The summed E-state index contributed by atoms with van der Waals surface area (Å²) in [7, 11) is 0. The Hall–Kier alpha value is -3.40. The topological polar surface area (TPSA) is 101 Å². The number of hydrogen-bond donors (Lipinski definition) is 2. The van der Waals surface area contributed by atoms with Crippen molar-refractivity contribution in [2.45, 2.75) is 25.4 Å². The Morgan fingerprint density at radius 2 is 1.97 bits per heavy atom. The van der Waals surface area contributed by atoms with Gasteiger partial charge in [0.1, 0.15) is 17.2 Å². The summed E-state index contributed by atoms with van der Waals surface area (Å²) >= 11 is 0. The van der Waals surface area contributed by atoms with Gasteiger partial charge in [0.25, 0.3) is 0 Å². The van der Waals surface area contributed by atoms with Gasteiger partial charge in [-0.25, -0.2) is 22.9 Å². The molecule has 0 saturated carbocycles. The van der Waals surface area contributed by atoms with E-state index in [2.05, 4.69) is 4.98 Å². The Balaban J connectivity index is 2.06. The highest BCUT2D eigenvalue weighted by molar-refractivity contribution is 5.92. The van der Waals surface area contributed by atoms with Crippen LogP contribution in [0.15, 0.2) is 35.3 Å². The van der Waals surface area contributed by atoms with E-state index in [4.69, 9.17) is 5.73 Å². The number of nitrogens with two attached hydrogens (primary N) is 1. The Kier molecular flexibility index (Phi) is 4.73. The van der Waals surface area contributed by atoms with Crippen LogP contribution in [-0.4, -0.2) is 39.3 Å². The Morgan fingerprint density at radius 3 is 2.57 bits per heavy atom. The minimum absolute atomic E-state index is 0.0818. The normalized spacial score (nSPS) is 18.9. The third kappa shape index (κ3) is 3.18. The molecule has 1 saturated heterocycles. The second-order valence-corrected chi connectivity index (χ2v) is 7.30. The van der Waals surface area contributed by atoms with E-state index < -0.39 is 34.4 Å². The van der Waals surface area contributed by atoms with Crippen LogP contribution in [0.25, 0.3) is 16.7 Å². The highest BCUT2D eigenvalue weighted by atomic mass is 19.1. The molecule has 1 fully saturated rings. The number of hydrogen-bond acceptors (Lipinski definition) is 5. The number of carbonyl (C=O) groups is 1. The van der Waals surface area contributed by atoms with Gasteiger partial charge in [0.05, 0.1) is 11.1 Å². The van der Waals surface area contributed by atoms with Crippen molar-refractivity contribution in [3.63, 3.8) is 0 Å². The summed E-state index contributed by atoms with van der Waals surface area (Å²) in [5, 5.41) is 9.03. The van der Waals surface area contributed by atoms with Crippen LogP contribution >= 0.6 is 0 Å². The zero-order valence-electron chi connectivity index (χ0n) is 15.8. The van der Waals surface area contributed by atoms with E-state index >= 15 is 0 Å². The first-order chi connectivity index (χ1) is 14.2. The van der Waals surface area contributed by atoms with E-state index in [0.29, 0.717) is 19.0 Å². The number of benzene rings is 1. The van der Waals surface area contributed by atoms with Gasteiger partial charge in [-0.3, -0.25) is 9.36 Å². The van der Waals surface area contributed by atoms with Crippen LogP contribution in [0, 0.1) is 17.5 Å². The lowest BCUT2D eigenvalue weighted by Gasteiger charge is -2.24. The number of carboxylic acids is 1. The summed E-state index contributed by atoms with van der Waals surface area (Å²) in [5.74, 6) is -4.31. The van der Waals surface area contributed by atoms with Crippen LogP contribution in [0.2, 0.25) is 0 Å². The molecule has 4 rings (SSSR count). The fraction of sp³-hybridized carbons (Fsp3) is 0.250. The zero-order chi connectivity index (χ0) is 21.7. The molecule has 0 bridgehead atoms. The van der Waals surface area contributed by atoms with Crippen molar-refractivity contribution >= 4 is 22.8 Å². The number of pyridine rings is 2. The lowest BCUT2D eigenvalue weighted by atomic mass is 10.1. The number of rotatable bonds is 3. The summed E-state index contributed by atoms with van der Waals surface area (Å²) in [5.41, 5.74) is 3.91. The molecule has 0 unspecified atom stereocenters. The molecule has 2 aromatic heterocycles. The molecule has 0 aliphatic carbocycles. The number of fused-ring (bicyclic) bond motifs is 1. The zero-order valence-corrected chi connectivity index (χ0v) is 15.8. The van der Waals surface area contributed by atoms with Gasteiger partial charge >= 0.3 is 5.97 Å². The van der Waals surface area contributed by atoms with Gasteiger partial charge in [0.15, 0.2) is 17.3 Å². The van der Waals surface area contributed by atoms with E-state index in [-0.39, 0.29) is 34.6 Å². The summed E-state index contributed by atoms with van der Waals surface area (Å²) in [6.07, 6.45) is 1.51. The summed E-state index contributed by atoms with van der Waals surface area (Å²) < 4.78 is 43.7. The first-order valence-electron chi connectivity index (χ1n) is 9.14. The summed E-state index contributed by atoms with van der Waals surface area (Å²) in [6, 6.07) is 3.25. The van der Waals surface area contributed by atoms with Crippen molar-refractivity contribution in [3.05, 3.63) is 63.7 Å². The van der Waals surface area contributed by atoms with Crippen LogP contribution in [-0.2, 0) is 0 Å². The summed E-state index contributed by atoms with van der Waals surface area (Å²) in [4.78, 5) is 30.0. The van der Waals surface area contributed by atoms with Gasteiger partial charge in [-0.05, 0) is 31.5 Å². The minimum Gasteiger partial charge on any atom is -0.477 e. The van der Waals surface area contributed by atoms with Gasteiger partial charge < -0.3 is 15.7 Å². The average Bonchev–Trinajstić information content (AvgIpc) is 3.00. The van der Waals surface area contributed by atoms with Crippen LogP contribution in [0.1, 0.15) is 23.7 Å². The van der Waals surface area contributed by atoms with E-state index in [0.717, 1.165) is 29.0 Å². The molecule has 7 nitrogen and oxygen atoms in total. The first kappa shape index (κ1) is 19.9. The molecule has 0 spiro atoms. The maximum absolute atomic E-state index is 14.9. The quantitative estimate of drug-likeness (QED) is 0.678. The van der Waals surface area contributed by atoms with Crippen LogP contribution in [0.4, 0.5) is 19.0 Å². The molecular formula is C20H17F3N4O3. The van der Waals surface area contributed by atoms with Gasteiger partial charge in [0.2, 0.25) is 5.43 Å². The molecular weight excluding hydrogens is 401 g/mol. The van der Waals surface area contributed by atoms with E-state index in [1.807, 2.05) is 6.92 Å². The number of halogens is 3. The highest BCUT2D eigenvalue weighted by Crippen LogP contribution is 2.29. The van der Waals surface area contributed by atoms with Crippen molar-refractivity contribution in [2.75, 3.05) is 11.4 Å². The van der Waals surface area contributed by atoms with Crippen molar-refractivity contribution in [2.24, 2.45) is 5.73 Å². The third-order valence-corrected chi connectivity index (χ3v) is 5.19. The van der Waals surface area contributed by atoms with E-state index in [9.17, 15) is 27.9 Å². The largest absolute Gasteiger partial charge is 0.477 e. The molecule has 1 aliphatic rings. The highest BCUT2D eigenvalue weighted by Gasteiger charge is 2.30. The molecule has 10 heteroatoms.